The summed E-state index contributed by atoms with van der Waals surface area (Å²) < 4.78 is 14.1. The van der Waals surface area contributed by atoms with Crippen LogP contribution in [0.4, 0.5) is 10.1 Å². The molecule has 0 atom stereocenters. The van der Waals surface area contributed by atoms with Crippen molar-refractivity contribution in [3.63, 3.8) is 0 Å². The van der Waals surface area contributed by atoms with Gasteiger partial charge in [-0.15, -0.1) is 0 Å². The smallest absolute Gasteiger partial charge is 0.323 e. The van der Waals surface area contributed by atoms with Crippen molar-refractivity contribution in [3.8, 4) is 0 Å². The van der Waals surface area contributed by atoms with Crippen molar-refractivity contribution in [2.45, 2.75) is 6.92 Å². The number of aliphatic carboxylic acids is 1. The minimum atomic E-state index is -1.17. The fraction of sp³-hybridized carbons (Fsp3) is 0.125. The molecule has 2 aromatic carbocycles. The quantitative estimate of drug-likeness (QED) is 0.940. The molecule has 2 aromatic rings. The van der Waals surface area contributed by atoms with Crippen molar-refractivity contribution >= 4 is 17.6 Å². The SMILES string of the molecule is Cc1cccc(C(=O)N(CC(=O)O)c2ccccc2)c1F. The Balaban J connectivity index is 2.44. The van der Waals surface area contributed by atoms with Crippen LogP contribution in [0.25, 0.3) is 0 Å². The first kappa shape index (κ1) is 14.7. The molecular formula is C16H14FNO3. The van der Waals surface area contributed by atoms with Gasteiger partial charge in [0.2, 0.25) is 0 Å². The molecule has 0 aliphatic heterocycles. The molecule has 0 bridgehead atoms. The van der Waals surface area contributed by atoms with E-state index in [0.717, 1.165) is 4.90 Å². The van der Waals surface area contributed by atoms with E-state index in [9.17, 15) is 14.0 Å². The molecule has 4 nitrogen and oxygen atoms in total. The lowest BCUT2D eigenvalue weighted by molar-refractivity contribution is -0.135. The highest BCUT2D eigenvalue weighted by Gasteiger charge is 2.23. The molecule has 2 rings (SSSR count). The zero-order valence-corrected chi connectivity index (χ0v) is 11.4. The summed E-state index contributed by atoms with van der Waals surface area (Å²) in [6.45, 7) is 1.02. The predicted molar refractivity (Wildman–Crippen MR) is 76.9 cm³/mol. The lowest BCUT2D eigenvalue weighted by Crippen LogP contribution is -2.36. The number of carboxylic acid groups (broad SMARTS) is 1. The lowest BCUT2D eigenvalue weighted by Gasteiger charge is -2.21. The third-order valence-electron chi connectivity index (χ3n) is 3.03. The molecule has 0 aliphatic rings. The molecule has 0 aromatic heterocycles. The van der Waals surface area contributed by atoms with Gasteiger partial charge in [-0.1, -0.05) is 30.3 Å². The average Bonchev–Trinajstić information content (AvgIpc) is 2.48. The van der Waals surface area contributed by atoms with Gasteiger partial charge in [0, 0.05) is 5.69 Å². The number of carbonyl (C=O) groups is 2. The van der Waals surface area contributed by atoms with Gasteiger partial charge >= 0.3 is 5.97 Å². The molecular weight excluding hydrogens is 273 g/mol. The molecule has 1 N–H and O–H groups in total. The van der Waals surface area contributed by atoms with Crippen LogP contribution < -0.4 is 4.90 Å². The van der Waals surface area contributed by atoms with Gasteiger partial charge in [0.05, 0.1) is 5.56 Å². The zero-order chi connectivity index (χ0) is 15.4. The summed E-state index contributed by atoms with van der Waals surface area (Å²) in [5.74, 6) is -2.47. The summed E-state index contributed by atoms with van der Waals surface area (Å²) in [6, 6.07) is 12.8. The van der Waals surface area contributed by atoms with Crippen molar-refractivity contribution in [1.29, 1.82) is 0 Å². The summed E-state index contributed by atoms with van der Waals surface area (Å²) in [5.41, 5.74) is 0.607. The van der Waals surface area contributed by atoms with E-state index in [0.29, 0.717) is 11.3 Å². The van der Waals surface area contributed by atoms with Crippen LogP contribution in [-0.2, 0) is 4.79 Å². The minimum Gasteiger partial charge on any atom is -0.480 e. The van der Waals surface area contributed by atoms with Crippen LogP contribution in [0.2, 0.25) is 0 Å². The topological polar surface area (TPSA) is 57.6 Å². The van der Waals surface area contributed by atoms with Crippen LogP contribution in [0.1, 0.15) is 15.9 Å². The summed E-state index contributed by atoms with van der Waals surface area (Å²) in [4.78, 5) is 24.5. The Morgan fingerprint density at radius 3 is 2.38 bits per heavy atom. The zero-order valence-electron chi connectivity index (χ0n) is 11.4. The Morgan fingerprint density at radius 2 is 1.76 bits per heavy atom. The first-order chi connectivity index (χ1) is 10.0. The number of anilines is 1. The standard InChI is InChI=1S/C16H14FNO3/c1-11-6-5-9-13(15(11)17)16(21)18(10-14(19)20)12-7-3-2-4-8-12/h2-9H,10H2,1H3,(H,19,20). The number of nitrogens with zero attached hydrogens (tertiary/aromatic N) is 1. The second kappa shape index (κ2) is 6.17. The molecule has 0 saturated heterocycles. The van der Waals surface area contributed by atoms with Crippen LogP contribution in [-0.4, -0.2) is 23.5 Å². The molecule has 0 unspecified atom stereocenters. The van der Waals surface area contributed by atoms with Gasteiger partial charge in [-0.05, 0) is 30.7 Å². The van der Waals surface area contributed by atoms with E-state index in [1.165, 1.54) is 6.07 Å². The van der Waals surface area contributed by atoms with Gasteiger partial charge < -0.3 is 5.11 Å². The van der Waals surface area contributed by atoms with Gasteiger partial charge in [0.25, 0.3) is 5.91 Å². The minimum absolute atomic E-state index is 0.139. The molecule has 0 saturated carbocycles. The lowest BCUT2D eigenvalue weighted by atomic mass is 10.1. The van der Waals surface area contributed by atoms with E-state index in [1.54, 1.807) is 49.4 Å². The second-order valence-electron chi connectivity index (χ2n) is 4.56. The van der Waals surface area contributed by atoms with Gasteiger partial charge in [0.1, 0.15) is 12.4 Å². The molecule has 0 heterocycles. The van der Waals surface area contributed by atoms with Gasteiger partial charge in [-0.2, -0.15) is 0 Å². The van der Waals surface area contributed by atoms with Crippen molar-refractivity contribution in [2.75, 3.05) is 11.4 Å². The van der Waals surface area contributed by atoms with Crippen molar-refractivity contribution < 1.29 is 19.1 Å². The van der Waals surface area contributed by atoms with E-state index in [-0.39, 0.29) is 5.56 Å². The molecule has 1 amide bonds. The maximum atomic E-state index is 14.1. The fourth-order valence-electron chi connectivity index (χ4n) is 1.98. The van der Waals surface area contributed by atoms with E-state index in [2.05, 4.69) is 0 Å². The number of halogens is 1. The highest BCUT2D eigenvalue weighted by atomic mass is 19.1. The van der Waals surface area contributed by atoms with Crippen LogP contribution in [0.5, 0.6) is 0 Å². The first-order valence-electron chi connectivity index (χ1n) is 6.34. The summed E-state index contributed by atoms with van der Waals surface area (Å²) in [6.07, 6.45) is 0. The number of amides is 1. The molecule has 108 valence electrons. The Hall–Kier alpha value is -2.69. The number of hydrogen-bond acceptors (Lipinski definition) is 2. The van der Waals surface area contributed by atoms with E-state index in [4.69, 9.17) is 5.11 Å². The Morgan fingerprint density at radius 1 is 1.10 bits per heavy atom. The first-order valence-corrected chi connectivity index (χ1v) is 6.34. The molecule has 5 heteroatoms. The van der Waals surface area contributed by atoms with Crippen molar-refractivity contribution in [2.24, 2.45) is 0 Å². The Bertz CT molecular complexity index is 670. The number of carbonyl (C=O) groups excluding carboxylic acids is 1. The number of para-hydroxylation sites is 1. The number of carboxylic acids is 1. The average molecular weight is 287 g/mol. The number of hydrogen-bond donors (Lipinski definition) is 1. The Kier molecular flexibility index (Phi) is 4.33. The third kappa shape index (κ3) is 3.25. The Labute approximate surface area is 121 Å². The highest BCUT2D eigenvalue weighted by molar-refractivity contribution is 6.08. The normalized spacial score (nSPS) is 10.2. The monoisotopic (exact) mass is 287 g/mol. The van der Waals surface area contributed by atoms with Crippen LogP contribution >= 0.6 is 0 Å². The summed E-state index contributed by atoms with van der Waals surface area (Å²) >= 11 is 0. The van der Waals surface area contributed by atoms with Crippen LogP contribution in [0.15, 0.2) is 48.5 Å². The van der Waals surface area contributed by atoms with Crippen molar-refractivity contribution in [3.05, 3.63) is 65.5 Å². The summed E-state index contributed by atoms with van der Waals surface area (Å²) in [5, 5.41) is 8.98. The maximum Gasteiger partial charge on any atom is 0.323 e. The highest BCUT2D eigenvalue weighted by Crippen LogP contribution is 2.19. The molecule has 0 spiro atoms. The largest absolute Gasteiger partial charge is 0.480 e. The molecule has 21 heavy (non-hydrogen) atoms. The van der Waals surface area contributed by atoms with Crippen LogP contribution in [0, 0.1) is 12.7 Å². The third-order valence-corrected chi connectivity index (χ3v) is 3.03. The number of benzene rings is 2. The van der Waals surface area contributed by atoms with E-state index in [1.807, 2.05) is 0 Å². The van der Waals surface area contributed by atoms with Gasteiger partial charge in [-0.3, -0.25) is 14.5 Å². The fourth-order valence-corrected chi connectivity index (χ4v) is 1.98. The van der Waals surface area contributed by atoms with E-state index < -0.39 is 24.2 Å². The van der Waals surface area contributed by atoms with E-state index >= 15 is 0 Å². The summed E-state index contributed by atoms with van der Waals surface area (Å²) in [7, 11) is 0. The second-order valence-corrected chi connectivity index (χ2v) is 4.56. The number of aryl methyl sites for hydroxylation is 1. The van der Waals surface area contributed by atoms with Crippen molar-refractivity contribution in [1.82, 2.24) is 0 Å². The predicted octanol–water partition coefficient (Wildman–Crippen LogP) is 2.87. The molecule has 0 fully saturated rings. The number of rotatable bonds is 4. The maximum absolute atomic E-state index is 14.1. The van der Waals surface area contributed by atoms with Gasteiger partial charge in [0.15, 0.2) is 0 Å². The molecule has 0 radical (unpaired) electrons. The van der Waals surface area contributed by atoms with Crippen LogP contribution in [0.3, 0.4) is 0 Å². The molecule has 0 aliphatic carbocycles. The van der Waals surface area contributed by atoms with Gasteiger partial charge in [-0.25, -0.2) is 4.39 Å².